The zero-order valence-corrected chi connectivity index (χ0v) is 20.3. The van der Waals surface area contributed by atoms with Gasteiger partial charge in [0.05, 0.1) is 23.9 Å². The molecular weight excluding hydrogens is 503 g/mol. The average Bonchev–Trinajstić information content (AvgIpc) is 2.81. The van der Waals surface area contributed by atoms with Crippen molar-refractivity contribution in [3.8, 4) is 17.2 Å². The van der Waals surface area contributed by atoms with Crippen LogP contribution in [-0.4, -0.2) is 31.3 Å². The highest BCUT2D eigenvalue weighted by Gasteiger charge is 2.16. The number of hydrogen-bond acceptors (Lipinski definition) is 6. The minimum absolute atomic E-state index is 0.227. The number of nitrogens with one attached hydrogen (secondary N) is 1. The first-order valence-electron chi connectivity index (χ1n) is 9.87. The van der Waals surface area contributed by atoms with Crippen molar-refractivity contribution in [1.82, 2.24) is 5.43 Å². The van der Waals surface area contributed by atoms with Gasteiger partial charge in [0.15, 0.2) is 17.6 Å². The zero-order valence-electron chi connectivity index (χ0n) is 18.1. The van der Waals surface area contributed by atoms with Crippen LogP contribution >= 0.6 is 34.8 Å². The van der Waals surface area contributed by atoms with E-state index in [1.165, 1.54) is 19.4 Å². The van der Waals surface area contributed by atoms with Crippen molar-refractivity contribution in [2.24, 2.45) is 5.10 Å². The molecule has 0 heterocycles. The van der Waals surface area contributed by atoms with E-state index in [9.17, 15) is 9.59 Å². The summed E-state index contributed by atoms with van der Waals surface area (Å²) in [6.45, 7) is 1.56. The Hall–Kier alpha value is -3.26. The summed E-state index contributed by atoms with van der Waals surface area (Å²) in [5.74, 6) is -0.176. The molecule has 1 N–H and O–H groups in total. The van der Waals surface area contributed by atoms with Crippen molar-refractivity contribution < 1.29 is 23.8 Å². The summed E-state index contributed by atoms with van der Waals surface area (Å²) in [6, 6.07) is 15.8. The number of methoxy groups -OCH3 is 1. The predicted octanol–water partition coefficient (Wildman–Crippen LogP) is 5.79. The molecule has 3 aromatic carbocycles. The van der Waals surface area contributed by atoms with Crippen LogP contribution in [0.25, 0.3) is 0 Å². The third-order valence-corrected chi connectivity index (χ3v) is 5.21. The maximum atomic E-state index is 12.3. The van der Waals surface area contributed by atoms with E-state index in [1.807, 2.05) is 0 Å². The highest BCUT2D eigenvalue weighted by atomic mass is 35.5. The Bertz CT molecular complexity index is 1220. The van der Waals surface area contributed by atoms with Crippen LogP contribution < -0.4 is 19.6 Å². The van der Waals surface area contributed by atoms with Gasteiger partial charge in [-0.25, -0.2) is 10.2 Å². The van der Waals surface area contributed by atoms with E-state index >= 15 is 0 Å². The van der Waals surface area contributed by atoms with Crippen molar-refractivity contribution >= 4 is 52.9 Å². The first kappa shape index (κ1) is 25.4. The first-order chi connectivity index (χ1) is 16.3. The molecule has 0 radical (unpaired) electrons. The SMILES string of the molecule is COc1cc(/C=N/NC(=O)C(C)Oc2ccc(Cl)cc2Cl)ccc1OC(=O)c1ccc(Cl)cc1. The molecule has 0 saturated heterocycles. The van der Waals surface area contributed by atoms with Crippen LogP contribution in [0, 0.1) is 0 Å². The second kappa shape index (κ2) is 11.7. The number of rotatable bonds is 8. The maximum absolute atomic E-state index is 12.3. The molecule has 1 unspecified atom stereocenters. The number of halogens is 3. The van der Waals surface area contributed by atoms with Crippen LogP contribution in [0.1, 0.15) is 22.8 Å². The number of nitrogens with zero attached hydrogens (tertiary/aromatic N) is 1. The topological polar surface area (TPSA) is 86.2 Å². The second-order valence-electron chi connectivity index (χ2n) is 6.88. The molecule has 0 aliphatic rings. The highest BCUT2D eigenvalue weighted by Crippen LogP contribution is 2.29. The molecule has 0 aromatic heterocycles. The predicted molar refractivity (Wildman–Crippen MR) is 132 cm³/mol. The van der Waals surface area contributed by atoms with Gasteiger partial charge in [-0.2, -0.15) is 5.10 Å². The first-order valence-corrected chi connectivity index (χ1v) is 11.0. The van der Waals surface area contributed by atoms with E-state index < -0.39 is 18.0 Å². The van der Waals surface area contributed by atoms with Crippen molar-refractivity contribution in [2.75, 3.05) is 7.11 Å². The summed E-state index contributed by atoms with van der Waals surface area (Å²) in [6.07, 6.45) is 0.549. The maximum Gasteiger partial charge on any atom is 0.343 e. The van der Waals surface area contributed by atoms with Gasteiger partial charge in [0.1, 0.15) is 5.75 Å². The summed E-state index contributed by atoms with van der Waals surface area (Å²) < 4.78 is 16.3. The Balaban J connectivity index is 1.60. The Kier molecular flexibility index (Phi) is 8.76. The fourth-order valence-corrected chi connectivity index (χ4v) is 3.25. The van der Waals surface area contributed by atoms with E-state index in [-0.39, 0.29) is 5.75 Å². The molecule has 1 amide bonds. The van der Waals surface area contributed by atoms with E-state index in [1.54, 1.807) is 61.5 Å². The Morgan fingerprint density at radius 2 is 1.59 bits per heavy atom. The summed E-state index contributed by atoms with van der Waals surface area (Å²) >= 11 is 17.8. The average molecular weight is 522 g/mol. The van der Waals surface area contributed by atoms with E-state index in [0.29, 0.717) is 37.7 Å². The van der Waals surface area contributed by atoms with Crippen LogP contribution in [0.3, 0.4) is 0 Å². The van der Waals surface area contributed by atoms with Gasteiger partial charge < -0.3 is 14.2 Å². The molecule has 176 valence electrons. The largest absolute Gasteiger partial charge is 0.493 e. The Morgan fingerprint density at radius 1 is 0.912 bits per heavy atom. The molecule has 3 rings (SSSR count). The van der Waals surface area contributed by atoms with Gasteiger partial charge in [-0.15, -0.1) is 0 Å². The summed E-state index contributed by atoms with van der Waals surface area (Å²) in [4.78, 5) is 24.6. The third-order valence-electron chi connectivity index (χ3n) is 4.43. The molecule has 0 fully saturated rings. The number of ether oxygens (including phenoxy) is 3. The number of benzene rings is 3. The van der Waals surface area contributed by atoms with Gasteiger partial charge in [0.2, 0.25) is 0 Å². The normalized spacial score (nSPS) is 11.7. The molecule has 0 aliphatic carbocycles. The van der Waals surface area contributed by atoms with Crippen LogP contribution in [-0.2, 0) is 4.79 Å². The number of carbonyl (C=O) groups excluding carboxylic acids is 2. The quantitative estimate of drug-likeness (QED) is 0.175. The number of hydrogen-bond donors (Lipinski definition) is 1. The minimum Gasteiger partial charge on any atom is -0.493 e. The Labute approximate surface area is 211 Å². The summed E-state index contributed by atoms with van der Waals surface area (Å²) in [5.41, 5.74) is 3.33. The molecular formula is C24H19Cl3N2O5. The van der Waals surface area contributed by atoms with Crippen molar-refractivity contribution in [3.05, 3.63) is 86.9 Å². The fraction of sp³-hybridized carbons (Fsp3) is 0.125. The number of esters is 1. The van der Waals surface area contributed by atoms with E-state index in [0.717, 1.165) is 0 Å². The van der Waals surface area contributed by atoms with Gasteiger partial charge in [-0.05, 0) is 73.2 Å². The van der Waals surface area contributed by atoms with Crippen molar-refractivity contribution in [1.29, 1.82) is 0 Å². The van der Waals surface area contributed by atoms with Gasteiger partial charge >= 0.3 is 5.97 Å². The Morgan fingerprint density at radius 3 is 2.26 bits per heavy atom. The number of amides is 1. The van der Waals surface area contributed by atoms with Crippen molar-refractivity contribution in [2.45, 2.75) is 13.0 Å². The van der Waals surface area contributed by atoms with Gasteiger partial charge in [0, 0.05) is 10.0 Å². The summed E-state index contributed by atoms with van der Waals surface area (Å²) in [5, 5.41) is 5.19. The smallest absolute Gasteiger partial charge is 0.343 e. The van der Waals surface area contributed by atoms with Crippen LogP contribution in [0.15, 0.2) is 65.8 Å². The molecule has 7 nitrogen and oxygen atoms in total. The summed E-state index contributed by atoms with van der Waals surface area (Å²) in [7, 11) is 1.44. The van der Waals surface area contributed by atoms with E-state index in [4.69, 9.17) is 49.0 Å². The highest BCUT2D eigenvalue weighted by molar-refractivity contribution is 6.35. The fourth-order valence-electron chi connectivity index (χ4n) is 2.67. The number of hydrazone groups is 1. The lowest BCUT2D eigenvalue weighted by Crippen LogP contribution is -2.33. The lowest BCUT2D eigenvalue weighted by atomic mass is 10.2. The van der Waals surface area contributed by atoms with Crippen LogP contribution in [0.5, 0.6) is 17.2 Å². The van der Waals surface area contributed by atoms with E-state index in [2.05, 4.69) is 10.5 Å². The standard InChI is InChI=1S/C24H19Cl3N2O5/c1-14(33-20-10-8-18(26)12-19(20)27)23(30)29-28-13-15-3-9-21(22(11-15)32-2)34-24(31)16-4-6-17(25)7-5-16/h3-14H,1-2H3,(H,29,30)/b28-13+. The molecule has 0 bridgehead atoms. The molecule has 0 spiro atoms. The van der Waals surface area contributed by atoms with Gasteiger partial charge in [-0.1, -0.05) is 34.8 Å². The molecule has 0 saturated carbocycles. The molecule has 3 aromatic rings. The van der Waals surface area contributed by atoms with Crippen LogP contribution in [0.4, 0.5) is 0 Å². The third kappa shape index (κ3) is 6.87. The van der Waals surface area contributed by atoms with Gasteiger partial charge in [0.25, 0.3) is 5.91 Å². The minimum atomic E-state index is -0.861. The zero-order chi connectivity index (χ0) is 24.7. The molecule has 0 aliphatic heterocycles. The lowest BCUT2D eigenvalue weighted by Gasteiger charge is -2.14. The monoisotopic (exact) mass is 520 g/mol. The van der Waals surface area contributed by atoms with Crippen molar-refractivity contribution in [3.63, 3.8) is 0 Å². The molecule has 1 atom stereocenters. The van der Waals surface area contributed by atoms with Gasteiger partial charge in [-0.3, -0.25) is 4.79 Å². The lowest BCUT2D eigenvalue weighted by molar-refractivity contribution is -0.127. The number of carbonyl (C=O) groups is 2. The second-order valence-corrected chi connectivity index (χ2v) is 8.16. The van der Waals surface area contributed by atoms with Crippen LogP contribution in [0.2, 0.25) is 15.1 Å². The molecule has 34 heavy (non-hydrogen) atoms. The molecule has 10 heteroatoms.